The van der Waals surface area contributed by atoms with Gasteiger partial charge in [0.05, 0.1) is 0 Å². The highest BCUT2D eigenvalue weighted by atomic mass is 16.6. The zero-order valence-electron chi connectivity index (χ0n) is 14.2. The Kier molecular flexibility index (Phi) is 5.47. The molecule has 4 nitrogen and oxygen atoms in total. The van der Waals surface area contributed by atoms with Crippen molar-refractivity contribution in [2.75, 3.05) is 13.1 Å². The zero-order valence-corrected chi connectivity index (χ0v) is 14.2. The SMILES string of the molecule is CC1C(NCC(C)(C)C)CCCN1C(=O)OC(C)(C)C. The minimum atomic E-state index is -0.428. The van der Waals surface area contributed by atoms with Crippen molar-refractivity contribution in [3.05, 3.63) is 0 Å². The molecule has 20 heavy (non-hydrogen) atoms. The quantitative estimate of drug-likeness (QED) is 0.845. The maximum Gasteiger partial charge on any atom is 0.410 e. The standard InChI is InChI=1S/C16H32N2O2/c1-12-13(17-11-15(2,3)4)9-8-10-18(12)14(19)20-16(5,6)7/h12-13,17H,8-11H2,1-7H3. The maximum atomic E-state index is 12.2. The van der Waals surface area contributed by atoms with Gasteiger partial charge in [0.1, 0.15) is 5.60 Å². The summed E-state index contributed by atoms with van der Waals surface area (Å²) in [6.45, 7) is 16.3. The molecule has 0 bridgehead atoms. The molecule has 2 unspecified atom stereocenters. The summed E-state index contributed by atoms with van der Waals surface area (Å²) in [7, 11) is 0. The van der Waals surface area contributed by atoms with Gasteiger partial charge in [0.15, 0.2) is 0 Å². The van der Waals surface area contributed by atoms with Gasteiger partial charge in [-0.25, -0.2) is 4.79 Å². The Morgan fingerprint density at radius 3 is 2.35 bits per heavy atom. The number of hydrogen-bond acceptors (Lipinski definition) is 3. The van der Waals surface area contributed by atoms with Crippen molar-refractivity contribution in [1.82, 2.24) is 10.2 Å². The van der Waals surface area contributed by atoms with Gasteiger partial charge in [-0.2, -0.15) is 0 Å². The highest BCUT2D eigenvalue weighted by Gasteiger charge is 2.33. The first-order valence-electron chi connectivity index (χ1n) is 7.73. The van der Waals surface area contributed by atoms with Crippen LogP contribution in [0.4, 0.5) is 4.79 Å². The molecule has 0 aromatic rings. The van der Waals surface area contributed by atoms with Gasteiger partial charge in [0.2, 0.25) is 0 Å². The van der Waals surface area contributed by atoms with E-state index in [2.05, 4.69) is 33.0 Å². The molecular weight excluding hydrogens is 252 g/mol. The number of rotatable bonds is 2. The molecule has 0 saturated carbocycles. The predicted molar refractivity (Wildman–Crippen MR) is 82.9 cm³/mol. The van der Waals surface area contributed by atoms with Gasteiger partial charge in [-0.1, -0.05) is 20.8 Å². The molecule has 1 saturated heterocycles. The number of ether oxygens (including phenoxy) is 1. The van der Waals surface area contributed by atoms with Crippen molar-refractivity contribution in [1.29, 1.82) is 0 Å². The minimum absolute atomic E-state index is 0.181. The molecule has 1 N–H and O–H groups in total. The van der Waals surface area contributed by atoms with Crippen LogP contribution < -0.4 is 5.32 Å². The second kappa shape index (κ2) is 6.33. The second-order valence-corrected chi connectivity index (χ2v) is 8.10. The zero-order chi connectivity index (χ0) is 15.6. The maximum absolute atomic E-state index is 12.2. The number of hydrogen-bond donors (Lipinski definition) is 1. The topological polar surface area (TPSA) is 41.6 Å². The van der Waals surface area contributed by atoms with E-state index < -0.39 is 5.60 Å². The van der Waals surface area contributed by atoms with Crippen molar-refractivity contribution in [3.8, 4) is 0 Å². The highest BCUT2D eigenvalue weighted by molar-refractivity contribution is 5.68. The molecule has 1 rings (SSSR count). The van der Waals surface area contributed by atoms with Crippen LogP contribution in [0.5, 0.6) is 0 Å². The number of amides is 1. The fraction of sp³-hybridized carbons (Fsp3) is 0.938. The average Bonchev–Trinajstić information content (AvgIpc) is 2.24. The van der Waals surface area contributed by atoms with Gasteiger partial charge in [-0.3, -0.25) is 0 Å². The van der Waals surface area contributed by atoms with Crippen molar-refractivity contribution in [3.63, 3.8) is 0 Å². The van der Waals surface area contributed by atoms with Gasteiger partial charge >= 0.3 is 6.09 Å². The van der Waals surface area contributed by atoms with Crippen LogP contribution in [0, 0.1) is 5.41 Å². The fourth-order valence-electron chi connectivity index (χ4n) is 2.43. The lowest BCUT2D eigenvalue weighted by atomic mass is 9.93. The smallest absolute Gasteiger partial charge is 0.410 e. The third kappa shape index (κ3) is 5.70. The molecule has 0 radical (unpaired) electrons. The van der Waals surface area contributed by atoms with Crippen molar-refractivity contribution in [2.24, 2.45) is 5.41 Å². The Morgan fingerprint density at radius 1 is 1.25 bits per heavy atom. The summed E-state index contributed by atoms with van der Waals surface area (Å²) < 4.78 is 5.50. The lowest BCUT2D eigenvalue weighted by Gasteiger charge is -2.41. The summed E-state index contributed by atoms with van der Waals surface area (Å²) >= 11 is 0. The van der Waals surface area contributed by atoms with Crippen molar-refractivity contribution >= 4 is 6.09 Å². The van der Waals surface area contributed by atoms with Crippen LogP contribution in [0.15, 0.2) is 0 Å². The molecule has 118 valence electrons. The van der Waals surface area contributed by atoms with Gasteiger partial charge in [-0.05, 0) is 46.0 Å². The number of carbonyl (C=O) groups excluding carboxylic acids is 1. The number of nitrogens with zero attached hydrogens (tertiary/aromatic N) is 1. The second-order valence-electron chi connectivity index (χ2n) is 8.10. The van der Waals surface area contributed by atoms with E-state index in [1.54, 1.807) is 0 Å². The molecule has 0 aromatic carbocycles. The molecule has 0 spiro atoms. The number of nitrogens with one attached hydrogen (secondary N) is 1. The van der Waals surface area contributed by atoms with Gasteiger partial charge < -0.3 is 15.0 Å². The van der Waals surface area contributed by atoms with Crippen LogP contribution in [-0.4, -0.2) is 41.8 Å². The van der Waals surface area contributed by atoms with Gasteiger partial charge in [-0.15, -0.1) is 0 Å². The first-order valence-corrected chi connectivity index (χ1v) is 7.73. The Labute approximate surface area is 124 Å². The minimum Gasteiger partial charge on any atom is -0.444 e. The Bertz CT molecular complexity index is 328. The molecular formula is C16H32N2O2. The van der Waals surface area contributed by atoms with E-state index in [1.807, 2.05) is 25.7 Å². The highest BCUT2D eigenvalue weighted by Crippen LogP contribution is 2.22. The summed E-state index contributed by atoms with van der Waals surface area (Å²) in [5, 5.41) is 3.61. The summed E-state index contributed by atoms with van der Waals surface area (Å²) in [4.78, 5) is 14.1. The van der Waals surface area contributed by atoms with Crippen molar-refractivity contribution in [2.45, 2.75) is 79.0 Å². The normalized spacial score (nSPS) is 24.6. The third-order valence-electron chi connectivity index (χ3n) is 3.51. The number of piperidine rings is 1. The van der Waals surface area contributed by atoms with E-state index in [1.165, 1.54) is 0 Å². The molecule has 1 heterocycles. The van der Waals surface area contributed by atoms with E-state index in [9.17, 15) is 4.79 Å². The van der Waals surface area contributed by atoms with Crippen LogP contribution in [0.25, 0.3) is 0 Å². The fourth-order valence-corrected chi connectivity index (χ4v) is 2.43. The molecule has 4 heteroatoms. The molecule has 0 aliphatic carbocycles. The van der Waals surface area contributed by atoms with Crippen LogP contribution in [0.2, 0.25) is 0 Å². The first-order chi connectivity index (χ1) is 8.99. The summed E-state index contributed by atoms with van der Waals surface area (Å²) in [5.41, 5.74) is -0.170. The largest absolute Gasteiger partial charge is 0.444 e. The predicted octanol–water partition coefficient (Wildman–Crippen LogP) is 3.41. The van der Waals surface area contributed by atoms with Crippen LogP contribution in [-0.2, 0) is 4.74 Å². The van der Waals surface area contributed by atoms with Crippen LogP contribution in [0.1, 0.15) is 61.3 Å². The molecule has 2 atom stereocenters. The Balaban J connectivity index is 2.60. The van der Waals surface area contributed by atoms with E-state index in [-0.39, 0.29) is 17.6 Å². The lowest BCUT2D eigenvalue weighted by Crippen LogP contribution is -2.56. The molecule has 1 aliphatic heterocycles. The first kappa shape index (κ1) is 17.3. The molecule has 1 aliphatic rings. The molecule has 0 aromatic heterocycles. The summed E-state index contributed by atoms with van der Waals surface area (Å²) in [6.07, 6.45) is 1.97. The van der Waals surface area contributed by atoms with E-state index in [4.69, 9.17) is 4.74 Å². The lowest BCUT2D eigenvalue weighted by molar-refractivity contribution is 0.00666. The number of likely N-dealkylation sites (tertiary alicyclic amines) is 1. The monoisotopic (exact) mass is 284 g/mol. The van der Waals surface area contributed by atoms with Crippen LogP contribution >= 0.6 is 0 Å². The van der Waals surface area contributed by atoms with Gasteiger partial charge in [0.25, 0.3) is 0 Å². The summed E-state index contributed by atoms with van der Waals surface area (Å²) in [6, 6.07) is 0.538. The third-order valence-corrected chi connectivity index (χ3v) is 3.51. The summed E-state index contributed by atoms with van der Waals surface area (Å²) in [5.74, 6) is 0. The van der Waals surface area contributed by atoms with E-state index in [0.717, 1.165) is 25.9 Å². The average molecular weight is 284 g/mol. The molecule has 1 amide bonds. The van der Waals surface area contributed by atoms with Crippen molar-refractivity contribution < 1.29 is 9.53 Å². The van der Waals surface area contributed by atoms with Crippen LogP contribution in [0.3, 0.4) is 0 Å². The molecule has 1 fully saturated rings. The Hall–Kier alpha value is -0.770. The van der Waals surface area contributed by atoms with E-state index >= 15 is 0 Å². The van der Waals surface area contributed by atoms with E-state index in [0.29, 0.717) is 6.04 Å². The Morgan fingerprint density at radius 2 is 1.85 bits per heavy atom. The van der Waals surface area contributed by atoms with Gasteiger partial charge in [0, 0.05) is 25.2 Å². The number of carbonyl (C=O) groups is 1.